The first-order chi connectivity index (χ1) is 13.4. The molecule has 0 aliphatic rings. The first kappa shape index (κ1) is 19.2. The molecule has 0 spiro atoms. The number of rotatable bonds is 3. The highest BCUT2D eigenvalue weighted by Crippen LogP contribution is 2.28. The molecule has 0 fully saturated rings. The SMILES string of the molecule is O=C(/C=C/c1ccccc1)c1ccccc1C#Cc1ccc(C(F)(F)F)cc1. The van der Waals surface area contributed by atoms with Gasteiger partial charge in [-0.3, -0.25) is 4.79 Å². The van der Waals surface area contributed by atoms with Crippen LogP contribution in [0.2, 0.25) is 0 Å². The van der Waals surface area contributed by atoms with Crippen molar-refractivity contribution >= 4 is 11.9 Å². The van der Waals surface area contributed by atoms with Gasteiger partial charge in [0.1, 0.15) is 0 Å². The zero-order chi connectivity index (χ0) is 20.0. The van der Waals surface area contributed by atoms with Crippen molar-refractivity contribution in [1.82, 2.24) is 0 Å². The summed E-state index contributed by atoms with van der Waals surface area (Å²) >= 11 is 0. The van der Waals surface area contributed by atoms with Gasteiger partial charge >= 0.3 is 6.18 Å². The van der Waals surface area contributed by atoms with E-state index in [1.54, 1.807) is 30.3 Å². The first-order valence-electron chi connectivity index (χ1n) is 8.49. The Morgan fingerprint density at radius 3 is 2.11 bits per heavy atom. The van der Waals surface area contributed by atoms with Gasteiger partial charge in [-0.05, 0) is 48.0 Å². The lowest BCUT2D eigenvalue weighted by atomic mass is 10.0. The van der Waals surface area contributed by atoms with Crippen LogP contribution < -0.4 is 0 Å². The van der Waals surface area contributed by atoms with Gasteiger partial charge in [0, 0.05) is 16.7 Å². The molecule has 0 aromatic heterocycles. The van der Waals surface area contributed by atoms with Crippen molar-refractivity contribution in [2.24, 2.45) is 0 Å². The molecule has 0 atom stereocenters. The fraction of sp³-hybridized carbons (Fsp3) is 0.0417. The predicted molar refractivity (Wildman–Crippen MR) is 104 cm³/mol. The Morgan fingerprint density at radius 1 is 0.786 bits per heavy atom. The average Bonchev–Trinajstić information content (AvgIpc) is 2.71. The number of carbonyl (C=O) groups excluding carboxylic acids is 1. The number of benzene rings is 3. The molecule has 138 valence electrons. The van der Waals surface area contributed by atoms with Gasteiger partial charge in [-0.15, -0.1) is 0 Å². The summed E-state index contributed by atoms with van der Waals surface area (Å²) in [5, 5.41) is 0. The van der Waals surface area contributed by atoms with E-state index < -0.39 is 11.7 Å². The van der Waals surface area contributed by atoms with E-state index in [-0.39, 0.29) is 5.78 Å². The van der Waals surface area contributed by atoms with Crippen molar-refractivity contribution in [3.63, 3.8) is 0 Å². The van der Waals surface area contributed by atoms with Crippen molar-refractivity contribution in [2.75, 3.05) is 0 Å². The topological polar surface area (TPSA) is 17.1 Å². The summed E-state index contributed by atoms with van der Waals surface area (Å²) in [5.41, 5.74) is 1.58. The molecule has 0 heterocycles. The van der Waals surface area contributed by atoms with E-state index in [1.165, 1.54) is 18.2 Å². The fourth-order valence-electron chi connectivity index (χ4n) is 2.51. The van der Waals surface area contributed by atoms with E-state index in [0.29, 0.717) is 16.7 Å². The number of allylic oxidation sites excluding steroid dienone is 1. The second kappa shape index (κ2) is 8.41. The van der Waals surface area contributed by atoms with Crippen molar-refractivity contribution in [1.29, 1.82) is 0 Å². The summed E-state index contributed by atoms with van der Waals surface area (Å²) in [7, 11) is 0. The Bertz CT molecular complexity index is 1050. The molecule has 3 aromatic rings. The molecule has 0 saturated heterocycles. The number of carbonyl (C=O) groups is 1. The molecule has 0 radical (unpaired) electrons. The van der Waals surface area contributed by atoms with Gasteiger partial charge in [0.2, 0.25) is 0 Å². The van der Waals surface area contributed by atoms with Crippen LogP contribution in [-0.2, 0) is 6.18 Å². The summed E-state index contributed by atoms with van der Waals surface area (Å²) in [6.07, 6.45) is -1.17. The Morgan fingerprint density at radius 2 is 1.43 bits per heavy atom. The van der Waals surface area contributed by atoms with Crippen LogP contribution in [0.15, 0.2) is 84.9 Å². The highest BCUT2D eigenvalue weighted by Gasteiger charge is 2.29. The second-order valence-corrected chi connectivity index (χ2v) is 5.98. The molecule has 0 saturated carbocycles. The largest absolute Gasteiger partial charge is 0.416 e. The molecular weight excluding hydrogens is 361 g/mol. The quantitative estimate of drug-likeness (QED) is 0.311. The summed E-state index contributed by atoms with van der Waals surface area (Å²) in [6.45, 7) is 0. The number of hydrogen-bond acceptors (Lipinski definition) is 1. The smallest absolute Gasteiger partial charge is 0.289 e. The van der Waals surface area contributed by atoms with E-state index in [1.807, 2.05) is 30.3 Å². The molecule has 1 nitrogen and oxygen atoms in total. The van der Waals surface area contributed by atoms with Crippen LogP contribution in [0.25, 0.3) is 6.08 Å². The van der Waals surface area contributed by atoms with Crippen molar-refractivity contribution in [2.45, 2.75) is 6.18 Å². The predicted octanol–water partition coefficient (Wildman–Crippen LogP) is 6.00. The van der Waals surface area contributed by atoms with Crippen LogP contribution in [0, 0.1) is 11.8 Å². The highest BCUT2D eigenvalue weighted by molar-refractivity contribution is 6.08. The number of halogens is 3. The van der Waals surface area contributed by atoms with Gasteiger partial charge in [0.05, 0.1) is 5.56 Å². The Hall–Kier alpha value is -3.58. The molecular formula is C24H15F3O. The summed E-state index contributed by atoms with van der Waals surface area (Å²) in [5.74, 6) is 5.50. The van der Waals surface area contributed by atoms with E-state index in [9.17, 15) is 18.0 Å². The molecule has 0 aliphatic heterocycles. The maximum Gasteiger partial charge on any atom is 0.416 e. The molecule has 0 unspecified atom stereocenters. The lowest BCUT2D eigenvalue weighted by molar-refractivity contribution is -0.137. The summed E-state index contributed by atoms with van der Waals surface area (Å²) in [6, 6.07) is 20.9. The average molecular weight is 376 g/mol. The third kappa shape index (κ3) is 4.99. The Kier molecular flexibility index (Phi) is 5.76. The Balaban J connectivity index is 1.82. The monoisotopic (exact) mass is 376 g/mol. The second-order valence-electron chi connectivity index (χ2n) is 5.98. The molecule has 0 aliphatic carbocycles. The molecule has 3 rings (SSSR count). The summed E-state index contributed by atoms with van der Waals surface area (Å²) < 4.78 is 37.9. The summed E-state index contributed by atoms with van der Waals surface area (Å²) in [4.78, 5) is 12.5. The van der Waals surface area contributed by atoms with Crippen molar-refractivity contribution in [3.8, 4) is 11.8 Å². The van der Waals surface area contributed by atoms with E-state index in [2.05, 4.69) is 11.8 Å². The maximum absolute atomic E-state index is 12.6. The van der Waals surface area contributed by atoms with Gasteiger partial charge in [0.15, 0.2) is 5.78 Å². The minimum atomic E-state index is -4.38. The van der Waals surface area contributed by atoms with E-state index >= 15 is 0 Å². The van der Waals surface area contributed by atoms with Gasteiger partial charge < -0.3 is 0 Å². The molecule has 0 bridgehead atoms. The Labute approximate surface area is 161 Å². The fourth-order valence-corrected chi connectivity index (χ4v) is 2.51. The lowest BCUT2D eigenvalue weighted by Gasteiger charge is -2.05. The van der Waals surface area contributed by atoms with Crippen LogP contribution in [0.1, 0.15) is 32.6 Å². The van der Waals surface area contributed by atoms with Crippen LogP contribution in [0.3, 0.4) is 0 Å². The van der Waals surface area contributed by atoms with Crippen molar-refractivity contribution in [3.05, 3.63) is 113 Å². The van der Waals surface area contributed by atoms with Crippen LogP contribution in [0.4, 0.5) is 13.2 Å². The number of ketones is 1. The minimum absolute atomic E-state index is 0.193. The molecule has 3 aromatic carbocycles. The third-order valence-corrected chi connectivity index (χ3v) is 3.97. The zero-order valence-corrected chi connectivity index (χ0v) is 14.7. The minimum Gasteiger partial charge on any atom is -0.289 e. The van der Waals surface area contributed by atoms with Crippen LogP contribution in [0.5, 0.6) is 0 Å². The highest BCUT2D eigenvalue weighted by atomic mass is 19.4. The first-order valence-corrected chi connectivity index (χ1v) is 8.49. The van der Waals surface area contributed by atoms with Crippen LogP contribution >= 0.6 is 0 Å². The maximum atomic E-state index is 12.6. The van der Waals surface area contributed by atoms with Crippen molar-refractivity contribution < 1.29 is 18.0 Å². The molecule has 28 heavy (non-hydrogen) atoms. The van der Waals surface area contributed by atoms with E-state index in [0.717, 1.165) is 17.7 Å². The van der Waals surface area contributed by atoms with Gasteiger partial charge in [-0.2, -0.15) is 13.2 Å². The molecule has 0 amide bonds. The van der Waals surface area contributed by atoms with Gasteiger partial charge in [-0.25, -0.2) is 0 Å². The lowest BCUT2D eigenvalue weighted by Crippen LogP contribution is -2.04. The van der Waals surface area contributed by atoms with Crippen LogP contribution in [-0.4, -0.2) is 5.78 Å². The normalized spacial score (nSPS) is 11.1. The molecule has 4 heteroatoms. The van der Waals surface area contributed by atoms with Gasteiger partial charge in [-0.1, -0.05) is 60.4 Å². The van der Waals surface area contributed by atoms with E-state index in [4.69, 9.17) is 0 Å². The standard InChI is InChI=1S/C24H15F3O/c25-24(26,27)21-15-11-19(12-16-21)10-14-20-8-4-5-9-22(20)23(28)17-13-18-6-2-1-3-7-18/h1-9,11-13,15-17H/b17-13+. The third-order valence-electron chi connectivity index (χ3n) is 3.97. The number of alkyl halides is 3. The zero-order valence-electron chi connectivity index (χ0n) is 14.7. The molecule has 0 N–H and O–H groups in total. The van der Waals surface area contributed by atoms with Gasteiger partial charge in [0.25, 0.3) is 0 Å². The number of hydrogen-bond donors (Lipinski definition) is 0.